The van der Waals surface area contributed by atoms with E-state index in [9.17, 15) is 19.8 Å². The van der Waals surface area contributed by atoms with E-state index in [4.69, 9.17) is 4.74 Å². The van der Waals surface area contributed by atoms with Crippen LogP contribution in [0, 0.1) is 0 Å². The summed E-state index contributed by atoms with van der Waals surface area (Å²) in [5.74, 6) is -0.0955. The van der Waals surface area contributed by atoms with Crippen molar-refractivity contribution in [3.63, 3.8) is 0 Å². The number of nitrogens with one attached hydrogen (secondary N) is 1. The van der Waals surface area contributed by atoms with Crippen molar-refractivity contribution in [1.29, 1.82) is 0 Å². The zero-order valence-electron chi connectivity index (χ0n) is 42.3. The number of hydrogen-bond acceptors (Lipinski definition) is 5. The summed E-state index contributed by atoms with van der Waals surface area (Å²) in [7, 11) is 0. The van der Waals surface area contributed by atoms with Gasteiger partial charge in [0.25, 0.3) is 0 Å². The molecule has 0 fully saturated rings. The number of unbranched alkanes of at least 4 members (excludes halogenated alkanes) is 39. The van der Waals surface area contributed by atoms with Gasteiger partial charge in [-0.2, -0.15) is 0 Å². The van der Waals surface area contributed by atoms with Crippen LogP contribution in [0.25, 0.3) is 0 Å². The van der Waals surface area contributed by atoms with Gasteiger partial charge in [0.05, 0.1) is 25.4 Å². The highest BCUT2D eigenvalue weighted by Gasteiger charge is 2.18. The first-order valence-electron chi connectivity index (χ1n) is 28.1. The maximum absolute atomic E-state index is 12.5. The molecule has 0 aromatic rings. The summed E-state index contributed by atoms with van der Waals surface area (Å²) in [6.07, 6.45) is 63.3. The number of rotatable bonds is 52. The lowest BCUT2D eigenvalue weighted by atomic mass is 10.0. The van der Waals surface area contributed by atoms with Crippen molar-refractivity contribution in [2.75, 3.05) is 13.2 Å². The third-order valence-electron chi connectivity index (χ3n) is 13.0. The molecular formula is C57H109NO5. The third-order valence-corrected chi connectivity index (χ3v) is 13.0. The molecule has 0 rings (SSSR count). The topological polar surface area (TPSA) is 95.9 Å². The number of allylic oxidation sites excluding steroid dienone is 3. The molecule has 0 aromatic carbocycles. The van der Waals surface area contributed by atoms with E-state index < -0.39 is 12.1 Å². The van der Waals surface area contributed by atoms with Gasteiger partial charge in [-0.25, -0.2) is 0 Å². The summed E-state index contributed by atoms with van der Waals surface area (Å²) in [5, 5.41) is 23.2. The second-order valence-electron chi connectivity index (χ2n) is 19.3. The van der Waals surface area contributed by atoms with Crippen LogP contribution in [0.1, 0.15) is 303 Å². The standard InChI is InChI=1S/C57H109NO5/c1-3-5-7-9-11-13-15-17-18-19-20-21-22-23-24-26-29-33-37-41-45-49-55(60)54(53-59)58-56(61)50-46-42-38-34-30-27-25-28-32-36-40-44-48-52-63-57(62)51-47-43-39-35-31-16-14-12-10-8-6-4-2/h12,14,45,49,54-55,59-60H,3-11,13,15-44,46-48,50-53H2,1-2H3,(H,58,61)/b14-12-,49-45+. The summed E-state index contributed by atoms with van der Waals surface area (Å²) < 4.78 is 5.45. The third kappa shape index (κ3) is 49.6. The maximum atomic E-state index is 12.5. The van der Waals surface area contributed by atoms with Crippen molar-refractivity contribution in [3.8, 4) is 0 Å². The van der Waals surface area contributed by atoms with E-state index in [0.717, 1.165) is 57.8 Å². The number of esters is 1. The first kappa shape index (κ1) is 61.3. The van der Waals surface area contributed by atoms with Gasteiger partial charge in [0.1, 0.15) is 0 Å². The molecule has 0 bridgehead atoms. The van der Waals surface area contributed by atoms with Crippen molar-refractivity contribution in [2.24, 2.45) is 0 Å². The second kappa shape index (κ2) is 53.0. The fourth-order valence-electron chi connectivity index (χ4n) is 8.63. The molecule has 372 valence electrons. The molecule has 0 saturated carbocycles. The highest BCUT2D eigenvalue weighted by Crippen LogP contribution is 2.17. The lowest BCUT2D eigenvalue weighted by molar-refractivity contribution is -0.143. The van der Waals surface area contributed by atoms with Gasteiger partial charge in [0.2, 0.25) is 5.91 Å². The molecule has 0 radical (unpaired) electrons. The predicted molar refractivity (Wildman–Crippen MR) is 273 cm³/mol. The number of carbonyl (C=O) groups is 2. The van der Waals surface area contributed by atoms with Crippen LogP contribution in [-0.2, 0) is 14.3 Å². The lowest BCUT2D eigenvalue weighted by Gasteiger charge is -2.20. The van der Waals surface area contributed by atoms with Crippen LogP contribution in [-0.4, -0.2) is 47.4 Å². The molecule has 2 unspecified atom stereocenters. The van der Waals surface area contributed by atoms with Gasteiger partial charge in [-0.05, 0) is 57.8 Å². The Balaban J connectivity index is 3.49. The van der Waals surface area contributed by atoms with Crippen LogP contribution in [0.5, 0.6) is 0 Å². The predicted octanol–water partition coefficient (Wildman–Crippen LogP) is 17.1. The summed E-state index contributed by atoms with van der Waals surface area (Å²) >= 11 is 0. The molecule has 0 aliphatic carbocycles. The normalized spacial score (nSPS) is 12.8. The van der Waals surface area contributed by atoms with E-state index in [2.05, 4.69) is 31.3 Å². The molecule has 1 amide bonds. The minimum atomic E-state index is -0.854. The van der Waals surface area contributed by atoms with Gasteiger partial charge in [-0.15, -0.1) is 0 Å². The van der Waals surface area contributed by atoms with Crippen molar-refractivity contribution < 1.29 is 24.5 Å². The molecule has 3 N–H and O–H groups in total. The van der Waals surface area contributed by atoms with Gasteiger partial charge < -0.3 is 20.3 Å². The number of ether oxygens (including phenoxy) is 1. The molecule has 63 heavy (non-hydrogen) atoms. The fraction of sp³-hybridized carbons (Fsp3) is 0.895. The van der Waals surface area contributed by atoms with Crippen LogP contribution in [0.15, 0.2) is 24.3 Å². The van der Waals surface area contributed by atoms with Crippen LogP contribution in [0.3, 0.4) is 0 Å². The Hall–Kier alpha value is -1.66. The van der Waals surface area contributed by atoms with Gasteiger partial charge >= 0.3 is 5.97 Å². The molecule has 0 aromatic heterocycles. The van der Waals surface area contributed by atoms with Crippen LogP contribution in [0.4, 0.5) is 0 Å². The average Bonchev–Trinajstić information content (AvgIpc) is 3.28. The fourth-order valence-corrected chi connectivity index (χ4v) is 8.63. The lowest BCUT2D eigenvalue weighted by Crippen LogP contribution is -2.45. The summed E-state index contributed by atoms with van der Waals surface area (Å²) in [4.78, 5) is 24.5. The molecule has 6 nitrogen and oxygen atoms in total. The number of aliphatic hydroxyl groups is 2. The van der Waals surface area contributed by atoms with Crippen molar-refractivity contribution in [3.05, 3.63) is 24.3 Å². The van der Waals surface area contributed by atoms with Gasteiger partial charge in [0, 0.05) is 12.8 Å². The monoisotopic (exact) mass is 888 g/mol. The minimum absolute atomic E-state index is 0.0166. The van der Waals surface area contributed by atoms with Crippen molar-refractivity contribution in [2.45, 2.75) is 315 Å². The number of aliphatic hydroxyl groups excluding tert-OH is 2. The second-order valence-corrected chi connectivity index (χ2v) is 19.3. The van der Waals surface area contributed by atoms with Crippen molar-refractivity contribution >= 4 is 11.9 Å². The quantitative estimate of drug-likeness (QED) is 0.0321. The Morgan fingerprint density at radius 1 is 0.429 bits per heavy atom. The van der Waals surface area contributed by atoms with Gasteiger partial charge in [-0.1, -0.05) is 256 Å². The van der Waals surface area contributed by atoms with E-state index in [1.807, 2.05) is 6.08 Å². The Kier molecular flexibility index (Phi) is 51.6. The smallest absolute Gasteiger partial charge is 0.305 e. The Bertz CT molecular complexity index is 982. The Labute approximate surface area is 392 Å². The number of carbonyl (C=O) groups excluding carboxylic acids is 2. The Morgan fingerprint density at radius 2 is 0.746 bits per heavy atom. The average molecular weight is 889 g/mol. The molecule has 0 aliphatic rings. The molecular weight excluding hydrogens is 779 g/mol. The summed E-state index contributed by atoms with van der Waals surface area (Å²) in [6.45, 7) is 4.86. The molecule has 0 aliphatic heterocycles. The van der Waals surface area contributed by atoms with Gasteiger partial charge in [-0.3, -0.25) is 9.59 Å². The minimum Gasteiger partial charge on any atom is -0.466 e. The van der Waals surface area contributed by atoms with Crippen LogP contribution < -0.4 is 5.32 Å². The summed E-state index contributed by atoms with van der Waals surface area (Å²) in [6, 6.07) is -0.638. The number of amides is 1. The molecule has 0 heterocycles. The van der Waals surface area contributed by atoms with E-state index >= 15 is 0 Å². The first-order valence-corrected chi connectivity index (χ1v) is 28.1. The van der Waals surface area contributed by atoms with Crippen molar-refractivity contribution in [1.82, 2.24) is 5.32 Å². The van der Waals surface area contributed by atoms with Crippen LogP contribution in [0.2, 0.25) is 0 Å². The zero-order valence-corrected chi connectivity index (χ0v) is 42.3. The highest BCUT2D eigenvalue weighted by molar-refractivity contribution is 5.76. The zero-order chi connectivity index (χ0) is 45.8. The molecule has 0 saturated heterocycles. The van der Waals surface area contributed by atoms with E-state index in [0.29, 0.717) is 19.4 Å². The molecule has 2 atom stereocenters. The first-order chi connectivity index (χ1) is 31.0. The van der Waals surface area contributed by atoms with Gasteiger partial charge in [0.15, 0.2) is 0 Å². The van der Waals surface area contributed by atoms with Crippen LogP contribution >= 0.6 is 0 Å². The maximum Gasteiger partial charge on any atom is 0.305 e. The SMILES string of the molecule is CCCCC/C=C\CCCCCCCC(=O)OCCCCCCCCCCCCCCCC(=O)NC(CO)C(O)/C=C/CCCCCCCCCCCCCCCCCCCCC. The molecule has 0 spiro atoms. The van der Waals surface area contributed by atoms with E-state index in [1.165, 1.54) is 218 Å². The Morgan fingerprint density at radius 3 is 1.16 bits per heavy atom. The largest absolute Gasteiger partial charge is 0.466 e. The van der Waals surface area contributed by atoms with E-state index in [1.54, 1.807) is 6.08 Å². The molecule has 6 heteroatoms. The van der Waals surface area contributed by atoms with E-state index in [-0.39, 0.29) is 18.5 Å². The highest BCUT2D eigenvalue weighted by atomic mass is 16.5. The number of hydrogen-bond donors (Lipinski definition) is 3. The summed E-state index contributed by atoms with van der Waals surface area (Å²) in [5.41, 5.74) is 0.